The van der Waals surface area contributed by atoms with Crippen LogP contribution in [0.5, 0.6) is 6.01 Å². The molecule has 0 amide bonds. The Labute approximate surface area is 143 Å². The smallest absolute Gasteiger partial charge is 0.316 e. The van der Waals surface area contributed by atoms with Gasteiger partial charge >= 0.3 is 6.01 Å². The number of hydrogen-bond acceptors (Lipinski definition) is 4. The normalized spacial score (nSPS) is 11.3. The average molecular weight is 322 g/mol. The number of carbonyl (C=O) groups excluding carboxylic acids is 1. The number of ketones is 1. The van der Waals surface area contributed by atoms with Crippen LogP contribution in [0, 0.1) is 17.8 Å². The van der Waals surface area contributed by atoms with Gasteiger partial charge in [0, 0.05) is 24.4 Å². The molecule has 4 nitrogen and oxygen atoms in total. The Morgan fingerprint density at radius 3 is 2.33 bits per heavy atom. The third-order valence-electron chi connectivity index (χ3n) is 3.43. The predicted molar refractivity (Wildman–Crippen MR) is 93.8 cm³/mol. The van der Waals surface area contributed by atoms with Gasteiger partial charge < -0.3 is 9.53 Å². The standard InChI is InChI=1S/C20H22N2O2/c1-4-24-20-21-13-19(14-22-20)10-7-17-5-8-18(9-6-17)12-15(2)11-16(3)23/h5-6,8-9,13-15H,4,11-12H2,1-3H3. The molecule has 2 rings (SSSR count). The highest BCUT2D eigenvalue weighted by Gasteiger charge is 2.06. The van der Waals surface area contributed by atoms with Crippen molar-refractivity contribution in [3.05, 3.63) is 53.3 Å². The molecule has 2 aromatic rings. The summed E-state index contributed by atoms with van der Waals surface area (Å²) < 4.78 is 5.20. The molecule has 1 aromatic heterocycles. The van der Waals surface area contributed by atoms with Crippen LogP contribution < -0.4 is 4.74 Å². The second kappa shape index (κ2) is 8.83. The fraction of sp³-hybridized carbons (Fsp3) is 0.350. The summed E-state index contributed by atoms with van der Waals surface area (Å²) >= 11 is 0. The fourth-order valence-corrected chi connectivity index (χ4v) is 2.42. The number of rotatable bonds is 6. The highest BCUT2D eigenvalue weighted by Crippen LogP contribution is 2.13. The molecule has 0 aliphatic carbocycles. The van der Waals surface area contributed by atoms with Crippen LogP contribution in [0.1, 0.15) is 43.9 Å². The van der Waals surface area contributed by atoms with Gasteiger partial charge in [-0.1, -0.05) is 30.9 Å². The lowest BCUT2D eigenvalue weighted by atomic mass is 9.96. The van der Waals surface area contributed by atoms with Crippen LogP contribution in [-0.4, -0.2) is 22.4 Å². The number of carbonyl (C=O) groups is 1. The summed E-state index contributed by atoms with van der Waals surface area (Å²) in [4.78, 5) is 19.3. The van der Waals surface area contributed by atoms with Gasteiger partial charge in [0.2, 0.25) is 0 Å². The van der Waals surface area contributed by atoms with Crippen molar-refractivity contribution in [1.29, 1.82) is 0 Å². The molecule has 0 fully saturated rings. The quantitative estimate of drug-likeness (QED) is 0.765. The SMILES string of the molecule is CCOc1ncc(C#Cc2ccc(CC(C)CC(C)=O)cc2)cn1. The van der Waals surface area contributed by atoms with E-state index in [4.69, 9.17) is 4.74 Å². The molecule has 24 heavy (non-hydrogen) atoms. The Bertz CT molecular complexity index is 725. The van der Waals surface area contributed by atoms with Gasteiger partial charge in [-0.25, -0.2) is 9.97 Å². The summed E-state index contributed by atoms with van der Waals surface area (Å²) in [5.41, 5.74) is 2.91. The minimum atomic E-state index is 0.238. The highest BCUT2D eigenvalue weighted by molar-refractivity contribution is 5.75. The Morgan fingerprint density at radius 2 is 1.75 bits per heavy atom. The lowest BCUT2D eigenvalue weighted by Gasteiger charge is -2.09. The number of ether oxygens (including phenoxy) is 1. The van der Waals surface area contributed by atoms with Crippen molar-refractivity contribution in [3.8, 4) is 17.9 Å². The number of nitrogens with zero attached hydrogens (tertiary/aromatic N) is 2. The molecule has 0 spiro atoms. The predicted octanol–water partition coefficient (Wildman–Crippen LogP) is 3.43. The van der Waals surface area contributed by atoms with E-state index in [9.17, 15) is 4.79 Å². The van der Waals surface area contributed by atoms with Gasteiger partial charge in [0.15, 0.2) is 0 Å². The summed E-state index contributed by atoms with van der Waals surface area (Å²) in [6.45, 7) is 6.17. The number of Topliss-reactive ketones (excluding diaryl/α,β-unsaturated/α-hetero) is 1. The van der Waals surface area contributed by atoms with E-state index in [1.807, 2.05) is 19.1 Å². The minimum Gasteiger partial charge on any atom is -0.464 e. The Hall–Kier alpha value is -2.67. The van der Waals surface area contributed by atoms with Crippen LogP contribution >= 0.6 is 0 Å². The zero-order chi connectivity index (χ0) is 17.4. The summed E-state index contributed by atoms with van der Waals surface area (Å²) in [7, 11) is 0. The summed E-state index contributed by atoms with van der Waals surface area (Å²) in [5.74, 6) is 6.74. The largest absolute Gasteiger partial charge is 0.464 e. The van der Waals surface area contributed by atoms with Gasteiger partial charge in [0.05, 0.1) is 12.2 Å². The van der Waals surface area contributed by atoms with Gasteiger partial charge in [-0.15, -0.1) is 0 Å². The Balaban J connectivity index is 1.97. The number of aromatic nitrogens is 2. The summed E-state index contributed by atoms with van der Waals surface area (Å²) in [6, 6.07) is 8.49. The van der Waals surface area contributed by atoms with E-state index >= 15 is 0 Å². The fourth-order valence-electron chi connectivity index (χ4n) is 2.42. The first-order valence-corrected chi connectivity index (χ1v) is 8.12. The zero-order valence-electron chi connectivity index (χ0n) is 14.4. The van der Waals surface area contributed by atoms with Gasteiger partial charge in [0.25, 0.3) is 0 Å². The molecule has 124 valence electrons. The molecule has 1 aromatic carbocycles. The molecular weight excluding hydrogens is 300 g/mol. The van der Waals surface area contributed by atoms with E-state index in [1.54, 1.807) is 19.3 Å². The van der Waals surface area contributed by atoms with Crippen molar-refractivity contribution in [2.45, 2.75) is 33.6 Å². The minimum absolute atomic E-state index is 0.238. The van der Waals surface area contributed by atoms with E-state index in [-0.39, 0.29) is 5.78 Å². The lowest BCUT2D eigenvalue weighted by Crippen LogP contribution is -2.04. The van der Waals surface area contributed by atoms with Crippen molar-refractivity contribution in [2.24, 2.45) is 5.92 Å². The second-order valence-electron chi connectivity index (χ2n) is 5.85. The average Bonchev–Trinajstić information content (AvgIpc) is 2.55. The zero-order valence-corrected chi connectivity index (χ0v) is 14.4. The topological polar surface area (TPSA) is 52.1 Å². The second-order valence-corrected chi connectivity index (χ2v) is 5.85. The molecule has 0 N–H and O–H groups in total. The maximum Gasteiger partial charge on any atom is 0.316 e. The van der Waals surface area contributed by atoms with Gasteiger partial charge in [-0.3, -0.25) is 0 Å². The summed E-state index contributed by atoms with van der Waals surface area (Å²) in [6.07, 6.45) is 4.84. The first-order chi connectivity index (χ1) is 11.6. The van der Waals surface area contributed by atoms with Crippen LogP contribution in [0.2, 0.25) is 0 Å². The Morgan fingerprint density at radius 1 is 1.12 bits per heavy atom. The summed E-state index contributed by atoms with van der Waals surface area (Å²) in [5, 5.41) is 0. The third kappa shape index (κ3) is 5.85. The number of hydrogen-bond donors (Lipinski definition) is 0. The van der Waals surface area contributed by atoms with E-state index in [1.165, 1.54) is 5.56 Å². The van der Waals surface area contributed by atoms with E-state index in [0.717, 1.165) is 17.5 Å². The van der Waals surface area contributed by atoms with Crippen LogP contribution in [0.25, 0.3) is 0 Å². The molecule has 0 bridgehead atoms. The van der Waals surface area contributed by atoms with Crippen molar-refractivity contribution >= 4 is 5.78 Å². The van der Waals surface area contributed by atoms with Gasteiger partial charge in [-0.2, -0.15) is 0 Å². The van der Waals surface area contributed by atoms with Crippen LogP contribution in [0.3, 0.4) is 0 Å². The van der Waals surface area contributed by atoms with Crippen molar-refractivity contribution in [1.82, 2.24) is 9.97 Å². The Kier molecular flexibility index (Phi) is 6.51. The first kappa shape index (κ1) is 17.7. The lowest BCUT2D eigenvalue weighted by molar-refractivity contribution is -0.117. The molecule has 0 radical (unpaired) electrons. The maximum atomic E-state index is 11.1. The van der Waals surface area contributed by atoms with Crippen LogP contribution in [-0.2, 0) is 11.2 Å². The van der Waals surface area contributed by atoms with E-state index in [2.05, 4.69) is 40.9 Å². The van der Waals surface area contributed by atoms with Gasteiger partial charge in [0.1, 0.15) is 5.78 Å². The molecule has 0 aliphatic heterocycles. The number of benzene rings is 1. The van der Waals surface area contributed by atoms with Gasteiger partial charge in [-0.05, 0) is 43.9 Å². The van der Waals surface area contributed by atoms with E-state index in [0.29, 0.717) is 25.0 Å². The molecule has 0 saturated heterocycles. The van der Waals surface area contributed by atoms with Crippen molar-refractivity contribution in [3.63, 3.8) is 0 Å². The molecule has 4 heteroatoms. The molecular formula is C20H22N2O2. The molecule has 1 unspecified atom stereocenters. The third-order valence-corrected chi connectivity index (χ3v) is 3.43. The van der Waals surface area contributed by atoms with Crippen LogP contribution in [0.4, 0.5) is 0 Å². The first-order valence-electron chi connectivity index (χ1n) is 8.12. The molecule has 0 aliphatic rings. The molecule has 0 saturated carbocycles. The molecule has 1 atom stereocenters. The van der Waals surface area contributed by atoms with Crippen LogP contribution in [0.15, 0.2) is 36.7 Å². The monoisotopic (exact) mass is 322 g/mol. The highest BCUT2D eigenvalue weighted by atomic mass is 16.5. The van der Waals surface area contributed by atoms with E-state index < -0.39 is 0 Å². The van der Waals surface area contributed by atoms with Crippen molar-refractivity contribution < 1.29 is 9.53 Å². The molecule has 1 heterocycles. The van der Waals surface area contributed by atoms with Crippen molar-refractivity contribution in [2.75, 3.05) is 6.61 Å². The maximum absolute atomic E-state index is 11.1.